The zero-order valence-electron chi connectivity index (χ0n) is 15.8. The fraction of sp³-hybridized carbons (Fsp3) is 0.579. The Kier molecular flexibility index (Phi) is 5.85. The summed E-state index contributed by atoms with van der Waals surface area (Å²) in [5, 5.41) is 4.61. The third-order valence-corrected chi connectivity index (χ3v) is 6.25. The molecule has 0 aromatic carbocycles. The first kappa shape index (κ1) is 18.6. The van der Waals surface area contributed by atoms with Gasteiger partial charge in [-0.05, 0) is 18.2 Å². The minimum Gasteiger partial charge on any atom is -0.299 e. The second-order valence-electron chi connectivity index (χ2n) is 7.24. The summed E-state index contributed by atoms with van der Waals surface area (Å²) in [4.78, 5) is 25.7. The van der Waals surface area contributed by atoms with E-state index in [4.69, 9.17) is 0 Å². The molecule has 4 rings (SSSR count). The van der Waals surface area contributed by atoms with Crippen LogP contribution in [0, 0.1) is 6.92 Å². The van der Waals surface area contributed by atoms with Crippen LogP contribution in [0.2, 0.25) is 0 Å². The molecule has 2 aromatic rings. The van der Waals surface area contributed by atoms with E-state index in [1.54, 1.807) is 10.7 Å². The highest BCUT2D eigenvalue weighted by Gasteiger charge is 2.18. The Hall–Kier alpha value is -1.77. The summed E-state index contributed by atoms with van der Waals surface area (Å²) in [5.74, 6) is 2.84. The average Bonchev–Trinajstić information content (AvgIpc) is 2.69. The van der Waals surface area contributed by atoms with Crippen LogP contribution in [-0.4, -0.2) is 68.0 Å². The van der Waals surface area contributed by atoms with E-state index in [0.29, 0.717) is 6.54 Å². The van der Waals surface area contributed by atoms with Crippen molar-refractivity contribution in [3.8, 4) is 0 Å². The molecule has 0 radical (unpaired) electrons. The third kappa shape index (κ3) is 4.75. The number of thioether (sulfide) groups is 1. The van der Waals surface area contributed by atoms with Crippen molar-refractivity contribution in [3.05, 3.63) is 51.5 Å². The van der Waals surface area contributed by atoms with Crippen LogP contribution in [0.15, 0.2) is 23.3 Å². The maximum Gasteiger partial charge on any atom is 0.267 e. The van der Waals surface area contributed by atoms with E-state index in [1.165, 1.54) is 0 Å². The van der Waals surface area contributed by atoms with Crippen molar-refractivity contribution < 1.29 is 0 Å². The van der Waals surface area contributed by atoms with Crippen LogP contribution in [0.3, 0.4) is 0 Å². The van der Waals surface area contributed by atoms with Crippen molar-refractivity contribution in [3.63, 3.8) is 0 Å². The molecule has 7 nitrogen and oxygen atoms in total. The number of aryl methyl sites for hydroxylation is 2. The smallest absolute Gasteiger partial charge is 0.267 e. The van der Waals surface area contributed by atoms with E-state index in [1.807, 2.05) is 31.1 Å². The molecule has 4 heterocycles. The molecule has 0 aliphatic carbocycles. The van der Waals surface area contributed by atoms with E-state index in [9.17, 15) is 4.79 Å². The SMILES string of the molecule is Cc1ncc(CN2CCN(CCn3nc4c(cc3=O)CSCC4)CC2)cn1. The van der Waals surface area contributed by atoms with Gasteiger partial charge in [0.2, 0.25) is 0 Å². The first-order chi connectivity index (χ1) is 13.2. The van der Waals surface area contributed by atoms with Crippen LogP contribution < -0.4 is 5.56 Å². The fourth-order valence-electron chi connectivity index (χ4n) is 3.58. The molecule has 0 atom stereocenters. The molecule has 8 heteroatoms. The van der Waals surface area contributed by atoms with Gasteiger partial charge in [-0.1, -0.05) is 0 Å². The zero-order valence-corrected chi connectivity index (χ0v) is 16.6. The highest BCUT2D eigenvalue weighted by Crippen LogP contribution is 2.21. The van der Waals surface area contributed by atoms with Gasteiger partial charge < -0.3 is 0 Å². The lowest BCUT2D eigenvalue weighted by molar-refractivity contribution is 0.122. The molecular formula is C19H26N6OS. The Morgan fingerprint density at radius 2 is 1.81 bits per heavy atom. The molecule has 27 heavy (non-hydrogen) atoms. The van der Waals surface area contributed by atoms with Gasteiger partial charge in [0, 0.05) is 75.5 Å². The summed E-state index contributed by atoms with van der Waals surface area (Å²) in [5.41, 5.74) is 3.44. The van der Waals surface area contributed by atoms with Gasteiger partial charge in [-0.2, -0.15) is 16.9 Å². The average molecular weight is 387 g/mol. The van der Waals surface area contributed by atoms with Crippen LogP contribution >= 0.6 is 11.8 Å². The summed E-state index contributed by atoms with van der Waals surface area (Å²) in [7, 11) is 0. The van der Waals surface area contributed by atoms with Gasteiger partial charge >= 0.3 is 0 Å². The predicted molar refractivity (Wildman–Crippen MR) is 107 cm³/mol. The second kappa shape index (κ2) is 8.50. The molecule has 2 aromatic heterocycles. The van der Waals surface area contributed by atoms with Crippen LogP contribution in [-0.2, 0) is 25.3 Å². The summed E-state index contributed by atoms with van der Waals surface area (Å²) < 4.78 is 1.66. The zero-order chi connectivity index (χ0) is 18.6. The van der Waals surface area contributed by atoms with Crippen molar-refractivity contribution >= 4 is 11.8 Å². The molecule has 144 valence electrons. The Morgan fingerprint density at radius 1 is 1.07 bits per heavy atom. The summed E-state index contributed by atoms with van der Waals surface area (Å²) >= 11 is 1.88. The number of fused-ring (bicyclic) bond motifs is 1. The van der Waals surface area contributed by atoms with Gasteiger partial charge in [-0.3, -0.25) is 14.6 Å². The molecule has 0 spiro atoms. The monoisotopic (exact) mass is 386 g/mol. The Morgan fingerprint density at radius 3 is 2.59 bits per heavy atom. The number of piperazine rings is 1. The van der Waals surface area contributed by atoms with Crippen molar-refractivity contribution in [2.24, 2.45) is 0 Å². The molecule has 0 amide bonds. The van der Waals surface area contributed by atoms with E-state index in [0.717, 1.165) is 79.8 Å². The molecule has 2 aliphatic rings. The lowest BCUT2D eigenvalue weighted by atomic mass is 10.2. The van der Waals surface area contributed by atoms with Gasteiger partial charge in [-0.15, -0.1) is 0 Å². The van der Waals surface area contributed by atoms with Crippen molar-refractivity contribution in [2.75, 3.05) is 38.5 Å². The molecule has 1 fully saturated rings. The van der Waals surface area contributed by atoms with Gasteiger partial charge in [0.15, 0.2) is 0 Å². The number of aromatic nitrogens is 4. The van der Waals surface area contributed by atoms with E-state index < -0.39 is 0 Å². The van der Waals surface area contributed by atoms with E-state index in [-0.39, 0.29) is 5.56 Å². The van der Waals surface area contributed by atoms with Crippen LogP contribution in [0.4, 0.5) is 0 Å². The lowest BCUT2D eigenvalue weighted by Gasteiger charge is -2.34. The van der Waals surface area contributed by atoms with Gasteiger partial charge in [-0.25, -0.2) is 14.6 Å². The molecule has 2 aliphatic heterocycles. The molecule has 1 saturated heterocycles. The van der Waals surface area contributed by atoms with Gasteiger partial charge in [0.25, 0.3) is 5.56 Å². The van der Waals surface area contributed by atoms with Crippen molar-refractivity contribution in [1.29, 1.82) is 0 Å². The quantitative estimate of drug-likeness (QED) is 0.758. The fourth-order valence-corrected chi connectivity index (χ4v) is 4.53. The standard InChI is InChI=1S/C19H26N6OS/c1-15-20-11-16(12-21-15)13-24-5-3-23(4-6-24)7-8-25-19(26)10-17-14-27-9-2-18(17)22-25/h10-12H,2-9,13-14H2,1H3. The summed E-state index contributed by atoms with van der Waals surface area (Å²) in [6, 6.07) is 1.79. The summed E-state index contributed by atoms with van der Waals surface area (Å²) in [6.45, 7) is 8.44. The van der Waals surface area contributed by atoms with E-state index >= 15 is 0 Å². The number of hydrogen-bond donors (Lipinski definition) is 0. The number of hydrogen-bond acceptors (Lipinski definition) is 7. The lowest BCUT2D eigenvalue weighted by Crippen LogP contribution is -2.47. The van der Waals surface area contributed by atoms with Crippen LogP contribution in [0.25, 0.3) is 0 Å². The normalized spacial score (nSPS) is 18.4. The Balaban J connectivity index is 1.27. The minimum absolute atomic E-state index is 0.0363. The summed E-state index contributed by atoms with van der Waals surface area (Å²) in [6.07, 6.45) is 4.81. The number of rotatable bonds is 5. The highest BCUT2D eigenvalue weighted by atomic mass is 32.2. The van der Waals surface area contributed by atoms with E-state index in [2.05, 4.69) is 24.9 Å². The molecule has 0 unspecified atom stereocenters. The minimum atomic E-state index is 0.0363. The first-order valence-corrected chi connectivity index (χ1v) is 10.7. The maximum atomic E-state index is 12.3. The van der Waals surface area contributed by atoms with Gasteiger partial charge in [0.1, 0.15) is 5.82 Å². The Bertz CT molecular complexity index is 829. The predicted octanol–water partition coefficient (Wildman–Crippen LogP) is 0.949. The Labute approximate surface area is 163 Å². The van der Waals surface area contributed by atoms with Crippen LogP contribution in [0.1, 0.15) is 22.6 Å². The maximum absolute atomic E-state index is 12.3. The second-order valence-corrected chi connectivity index (χ2v) is 8.34. The van der Waals surface area contributed by atoms with Crippen molar-refractivity contribution in [1.82, 2.24) is 29.5 Å². The third-order valence-electron chi connectivity index (χ3n) is 5.24. The van der Waals surface area contributed by atoms with Gasteiger partial charge in [0.05, 0.1) is 12.2 Å². The molecule has 0 saturated carbocycles. The number of nitrogens with zero attached hydrogens (tertiary/aromatic N) is 6. The van der Waals surface area contributed by atoms with Crippen LogP contribution in [0.5, 0.6) is 0 Å². The molecule has 0 bridgehead atoms. The largest absolute Gasteiger partial charge is 0.299 e. The molecular weight excluding hydrogens is 360 g/mol. The highest BCUT2D eigenvalue weighted by molar-refractivity contribution is 7.98. The first-order valence-electron chi connectivity index (χ1n) is 9.57. The van der Waals surface area contributed by atoms with Crippen molar-refractivity contribution in [2.45, 2.75) is 32.2 Å². The topological polar surface area (TPSA) is 67.2 Å². The molecule has 0 N–H and O–H groups in total.